The Hall–Kier alpha value is -1.55. The standard InChI is InChI=1S/C14H24N4/c1-4-18(11-13-8-6-5-7-9-13)14(17-15)16-10-12(2)3/h5-9,12H,4,10-11,15H2,1-3H3,(H,16,17). The van der Waals surface area contributed by atoms with Crippen LogP contribution in [0.1, 0.15) is 26.3 Å². The maximum atomic E-state index is 5.57. The van der Waals surface area contributed by atoms with Gasteiger partial charge in [-0.1, -0.05) is 44.2 Å². The van der Waals surface area contributed by atoms with Crippen molar-refractivity contribution in [3.8, 4) is 0 Å². The van der Waals surface area contributed by atoms with Crippen LogP contribution >= 0.6 is 0 Å². The van der Waals surface area contributed by atoms with E-state index in [0.29, 0.717) is 5.92 Å². The van der Waals surface area contributed by atoms with Crippen molar-refractivity contribution in [2.24, 2.45) is 16.8 Å². The predicted octanol–water partition coefficient (Wildman–Crippen LogP) is 1.98. The monoisotopic (exact) mass is 248 g/mol. The molecule has 0 aliphatic heterocycles. The Labute approximate surface area is 110 Å². The molecule has 0 amide bonds. The molecule has 0 radical (unpaired) electrons. The lowest BCUT2D eigenvalue weighted by molar-refractivity contribution is 0.415. The summed E-state index contributed by atoms with van der Waals surface area (Å²) in [5, 5.41) is 0. The Morgan fingerprint density at radius 1 is 1.33 bits per heavy atom. The van der Waals surface area contributed by atoms with Crippen LogP contribution in [0.25, 0.3) is 0 Å². The minimum Gasteiger partial charge on any atom is -0.338 e. The number of hydrogen-bond acceptors (Lipinski definition) is 2. The molecule has 0 fully saturated rings. The first kappa shape index (κ1) is 14.5. The van der Waals surface area contributed by atoms with Crippen molar-refractivity contribution in [2.45, 2.75) is 27.3 Å². The van der Waals surface area contributed by atoms with Gasteiger partial charge >= 0.3 is 0 Å². The Bertz CT molecular complexity index is 359. The van der Waals surface area contributed by atoms with Gasteiger partial charge in [0, 0.05) is 19.6 Å². The molecule has 0 heterocycles. The molecule has 4 nitrogen and oxygen atoms in total. The number of nitrogens with zero attached hydrogens (tertiary/aromatic N) is 2. The first-order chi connectivity index (χ1) is 8.67. The Balaban J connectivity index is 2.71. The molecule has 100 valence electrons. The second kappa shape index (κ2) is 7.71. The van der Waals surface area contributed by atoms with Gasteiger partial charge in [0.15, 0.2) is 0 Å². The molecule has 0 aromatic heterocycles. The van der Waals surface area contributed by atoms with E-state index in [1.165, 1.54) is 5.56 Å². The van der Waals surface area contributed by atoms with Crippen LogP contribution in [-0.4, -0.2) is 23.9 Å². The normalized spacial score (nSPS) is 11.7. The van der Waals surface area contributed by atoms with E-state index in [9.17, 15) is 0 Å². The molecule has 18 heavy (non-hydrogen) atoms. The Kier molecular flexibility index (Phi) is 6.22. The summed E-state index contributed by atoms with van der Waals surface area (Å²) in [6.45, 7) is 8.86. The molecule has 0 aliphatic carbocycles. The zero-order chi connectivity index (χ0) is 13.4. The van der Waals surface area contributed by atoms with Crippen molar-refractivity contribution in [3.05, 3.63) is 35.9 Å². The summed E-state index contributed by atoms with van der Waals surface area (Å²) in [7, 11) is 0. The van der Waals surface area contributed by atoms with Crippen LogP contribution in [0.5, 0.6) is 0 Å². The van der Waals surface area contributed by atoms with Crippen LogP contribution in [0.3, 0.4) is 0 Å². The summed E-state index contributed by atoms with van der Waals surface area (Å²) in [6, 6.07) is 10.3. The molecular weight excluding hydrogens is 224 g/mol. The lowest BCUT2D eigenvalue weighted by Crippen LogP contribution is -2.44. The number of nitrogens with two attached hydrogens (primary N) is 1. The van der Waals surface area contributed by atoms with Crippen molar-refractivity contribution in [3.63, 3.8) is 0 Å². The number of hydrazine groups is 1. The van der Waals surface area contributed by atoms with E-state index >= 15 is 0 Å². The number of guanidine groups is 1. The third kappa shape index (κ3) is 4.75. The van der Waals surface area contributed by atoms with Gasteiger partial charge in [-0.15, -0.1) is 0 Å². The van der Waals surface area contributed by atoms with Crippen LogP contribution in [-0.2, 0) is 6.54 Å². The van der Waals surface area contributed by atoms with E-state index < -0.39 is 0 Å². The zero-order valence-electron chi connectivity index (χ0n) is 11.6. The highest BCUT2D eigenvalue weighted by atomic mass is 15.4. The molecule has 3 N–H and O–H groups in total. The molecule has 0 saturated heterocycles. The van der Waals surface area contributed by atoms with Crippen LogP contribution in [0.4, 0.5) is 0 Å². The summed E-state index contributed by atoms with van der Waals surface area (Å²) in [5.74, 6) is 6.86. The second-order valence-corrected chi connectivity index (χ2v) is 4.70. The average molecular weight is 248 g/mol. The first-order valence-corrected chi connectivity index (χ1v) is 6.47. The third-order valence-corrected chi connectivity index (χ3v) is 2.63. The maximum absolute atomic E-state index is 5.57. The number of aliphatic imine (C=N–C) groups is 1. The largest absolute Gasteiger partial charge is 0.338 e. The van der Waals surface area contributed by atoms with Crippen molar-refractivity contribution < 1.29 is 0 Å². The highest BCUT2D eigenvalue weighted by Crippen LogP contribution is 2.05. The number of rotatable bonds is 5. The van der Waals surface area contributed by atoms with Crippen LogP contribution < -0.4 is 11.3 Å². The van der Waals surface area contributed by atoms with E-state index in [-0.39, 0.29) is 0 Å². The SMILES string of the molecule is CCN(Cc1ccccc1)C(=NCC(C)C)NN. The molecule has 1 rings (SSSR count). The fraction of sp³-hybridized carbons (Fsp3) is 0.500. The van der Waals surface area contributed by atoms with Gasteiger partial charge in [0.25, 0.3) is 0 Å². The molecule has 1 aromatic rings. The summed E-state index contributed by atoms with van der Waals surface area (Å²) in [4.78, 5) is 6.65. The molecule has 4 heteroatoms. The lowest BCUT2D eigenvalue weighted by atomic mass is 10.2. The van der Waals surface area contributed by atoms with Gasteiger partial charge in [0.1, 0.15) is 0 Å². The fourth-order valence-corrected chi connectivity index (χ4v) is 1.65. The van der Waals surface area contributed by atoms with Crippen LogP contribution in [0.15, 0.2) is 35.3 Å². The number of hydrogen-bond donors (Lipinski definition) is 2. The molecule has 0 spiro atoms. The maximum Gasteiger partial charge on any atom is 0.208 e. The number of nitrogens with one attached hydrogen (secondary N) is 1. The molecular formula is C14H24N4. The van der Waals surface area contributed by atoms with E-state index in [1.54, 1.807) is 0 Å². The third-order valence-electron chi connectivity index (χ3n) is 2.63. The van der Waals surface area contributed by atoms with Crippen molar-refractivity contribution in [1.29, 1.82) is 0 Å². The van der Waals surface area contributed by atoms with Gasteiger partial charge in [-0.25, -0.2) is 5.84 Å². The van der Waals surface area contributed by atoms with Gasteiger partial charge in [0.05, 0.1) is 0 Å². The summed E-state index contributed by atoms with van der Waals surface area (Å²) >= 11 is 0. The Morgan fingerprint density at radius 3 is 2.50 bits per heavy atom. The van der Waals surface area contributed by atoms with E-state index in [4.69, 9.17) is 5.84 Å². The number of benzene rings is 1. The molecule has 0 unspecified atom stereocenters. The zero-order valence-corrected chi connectivity index (χ0v) is 11.6. The summed E-state index contributed by atoms with van der Waals surface area (Å²) in [5.41, 5.74) is 3.96. The average Bonchev–Trinajstić information content (AvgIpc) is 2.38. The van der Waals surface area contributed by atoms with Gasteiger partial charge in [-0.3, -0.25) is 10.4 Å². The second-order valence-electron chi connectivity index (χ2n) is 4.70. The highest BCUT2D eigenvalue weighted by Gasteiger charge is 2.08. The van der Waals surface area contributed by atoms with Gasteiger partial charge in [-0.2, -0.15) is 0 Å². The van der Waals surface area contributed by atoms with Crippen molar-refractivity contribution >= 4 is 5.96 Å². The van der Waals surface area contributed by atoms with Gasteiger partial charge in [0.2, 0.25) is 5.96 Å². The van der Waals surface area contributed by atoms with E-state index in [0.717, 1.165) is 25.6 Å². The first-order valence-electron chi connectivity index (χ1n) is 6.47. The van der Waals surface area contributed by atoms with E-state index in [2.05, 4.69) is 48.2 Å². The van der Waals surface area contributed by atoms with Crippen molar-refractivity contribution in [1.82, 2.24) is 10.3 Å². The van der Waals surface area contributed by atoms with E-state index in [1.807, 2.05) is 18.2 Å². The summed E-state index contributed by atoms with van der Waals surface area (Å²) < 4.78 is 0. The minimum absolute atomic E-state index is 0.531. The molecule has 0 aliphatic rings. The lowest BCUT2D eigenvalue weighted by Gasteiger charge is -2.24. The minimum atomic E-state index is 0.531. The van der Waals surface area contributed by atoms with Crippen LogP contribution in [0.2, 0.25) is 0 Å². The molecule has 0 saturated carbocycles. The van der Waals surface area contributed by atoms with Gasteiger partial charge in [-0.05, 0) is 18.4 Å². The molecule has 0 bridgehead atoms. The molecule has 1 aromatic carbocycles. The topological polar surface area (TPSA) is 53.6 Å². The predicted molar refractivity (Wildman–Crippen MR) is 77.0 cm³/mol. The van der Waals surface area contributed by atoms with Crippen molar-refractivity contribution in [2.75, 3.05) is 13.1 Å². The van der Waals surface area contributed by atoms with Gasteiger partial charge < -0.3 is 4.90 Å². The summed E-state index contributed by atoms with van der Waals surface area (Å²) in [6.07, 6.45) is 0. The van der Waals surface area contributed by atoms with Crippen LogP contribution in [0, 0.1) is 5.92 Å². The molecule has 0 atom stereocenters. The fourth-order valence-electron chi connectivity index (χ4n) is 1.65. The Morgan fingerprint density at radius 2 is 2.00 bits per heavy atom. The highest BCUT2D eigenvalue weighted by molar-refractivity contribution is 5.79. The smallest absolute Gasteiger partial charge is 0.208 e. The quantitative estimate of drug-likeness (QED) is 0.362.